The standard InChI is InChI=1S/C22H18N4O4S/c1-22(15-5-3-14-10-17(30-2)6-4-13(14)9-15)19(28)26(20(29)24-22)12-16-11-18(27)25-7-8-31-21(25)23-16/h3-11H,12H2,1-2H3,(H,24,29). The van der Waals surface area contributed by atoms with E-state index in [4.69, 9.17) is 4.74 Å². The van der Waals surface area contributed by atoms with Crippen molar-refractivity contribution in [2.75, 3.05) is 7.11 Å². The molecule has 156 valence electrons. The Kier molecular flexibility index (Phi) is 4.30. The van der Waals surface area contributed by atoms with Gasteiger partial charge in [-0.3, -0.25) is 18.9 Å². The molecule has 0 radical (unpaired) electrons. The van der Waals surface area contributed by atoms with Crippen molar-refractivity contribution in [2.24, 2.45) is 0 Å². The second kappa shape index (κ2) is 6.92. The van der Waals surface area contributed by atoms with Crippen molar-refractivity contribution in [3.63, 3.8) is 0 Å². The number of urea groups is 1. The molecule has 0 bridgehead atoms. The highest BCUT2D eigenvalue weighted by Gasteiger charge is 2.49. The van der Waals surface area contributed by atoms with Crippen molar-refractivity contribution in [3.05, 3.63) is 75.7 Å². The van der Waals surface area contributed by atoms with Crippen molar-refractivity contribution in [1.82, 2.24) is 19.6 Å². The molecule has 0 spiro atoms. The average Bonchev–Trinajstić information content (AvgIpc) is 3.32. The molecule has 1 saturated heterocycles. The number of carbonyl (C=O) groups excluding carboxylic acids is 2. The van der Waals surface area contributed by atoms with Crippen LogP contribution in [0.4, 0.5) is 4.79 Å². The summed E-state index contributed by atoms with van der Waals surface area (Å²) < 4.78 is 6.68. The van der Waals surface area contributed by atoms with Gasteiger partial charge in [-0.25, -0.2) is 9.78 Å². The van der Waals surface area contributed by atoms with Crippen LogP contribution in [0, 0.1) is 0 Å². The van der Waals surface area contributed by atoms with Gasteiger partial charge in [0.05, 0.1) is 19.3 Å². The molecule has 5 rings (SSSR count). The quantitative estimate of drug-likeness (QED) is 0.499. The van der Waals surface area contributed by atoms with E-state index in [0.717, 1.165) is 21.4 Å². The summed E-state index contributed by atoms with van der Waals surface area (Å²) in [4.78, 5) is 44.2. The summed E-state index contributed by atoms with van der Waals surface area (Å²) in [6.07, 6.45) is 1.64. The number of hydrogen-bond donors (Lipinski definition) is 1. The first-order valence-electron chi connectivity index (χ1n) is 9.57. The Labute approximate surface area is 180 Å². The number of thiazole rings is 1. The maximum absolute atomic E-state index is 13.3. The van der Waals surface area contributed by atoms with Crippen molar-refractivity contribution in [1.29, 1.82) is 0 Å². The van der Waals surface area contributed by atoms with Gasteiger partial charge in [0.25, 0.3) is 11.5 Å². The number of methoxy groups -OCH3 is 1. The Bertz CT molecular complexity index is 1430. The van der Waals surface area contributed by atoms with Crippen LogP contribution in [0.3, 0.4) is 0 Å². The highest BCUT2D eigenvalue weighted by Crippen LogP contribution is 2.32. The van der Waals surface area contributed by atoms with Crippen molar-refractivity contribution in [3.8, 4) is 5.75 Å². The fraction of sp³-hybridized carbons (Fsp3) is 0.182. The van der Waals surface area contributed by atoms with Gasteiger partial charge < -0.3 is 10.1 Å². The van der Waals surface area contributed by atoms with Gasteiger partial charge in [-0.05, 0) is 41.5 Å². The molecule has 1 unspecified atom stereocenters. The maximum atomic E-state index is 13.3. The molecule has 8 nitrogen and oxygen atoms in total. The van der Waals surface area contributed by atoms with E-state index in [2.05, 4.69) is 10.3 Å². The van der Waals surface area contributed by atoms with Crippen LogP contribution in [0.5, 0.6) is 5.75 Å². The number of aromatic nitrogens is 2. The highest BCUT2D eigenvalue weighted by molar-refractivity contribution is 7.15. The number of carbonyl (C=O) groups is 2. The van der Waals surface area contributed by atoms with Gasteiger partial charge >= 0.3 is 6.03 Å². The van der Waals surface area contributed by atoms with Gasteiger partial charge in [0.15, 0.2) is 4.96 Å². The predicted octanol–water partition coefficient (Wildman–Crippen LogP) is 2.89. The van der Waals surface area contributed by atoms with E-state index in [9.17, 15) is 14.4 Å². The minimum Gasteiger partial charge on any atom is -0.497 e. The summed E-state index contributed by atoms with van der Waals surface area (Å²) in [6, 6.07) is 12.1. The molecule has 9 heteroatoms. The van der Waals surface area contributed by atoms with Crippen LogP contribution >= 0.6 is 11.3 Å². The SMILES string of the molecule is COc1ccc2cc(C3(C)NC(=O)N(Cc4cc(=O)n5ccsc5n4)C3=O)ccc2c1. The zero-order valence-corrected chi connectivity index (χ0v) is 17.6. The van der Waals surface area contributed by atoms with E-state index in [1.165, 1.54) is 21.8 Å². The Morgan fingerprint density at radius 3 is 2.68 bits per heavy atom. The second-order valence-electron chi connectivity index (χ2n) is 7.52. The van der Waals surface area contributed by atoms with Gasteiger partial charge in [-0.15, -0.1) is 11.3 Å². The lowest BCUT2D eigenvalue weighted by molar-refractivity contribution is -0.131. The monoisotopic (exact) mass is 434 g/mol. The predicted molar refractivity (Wildman–Crippen MR) is 116 cm³/mol. The van der Waals surface area contributed by atoms with Crippen LogP contribution in [-0.2, 0) is 16.9 Å². The molecule has 31 heavy (non-hydrogen) atoms. The fourth-order valence-corrected chi connectivity index (χ4v) is 4.57. The third-order valence-corrected chi connectivity index (χ3v) is 6.33. The molecule has 1 fully saturated rings. The van der Waals surface area contributed by atoms with Crippen LogP contribution in [0.2, 0.25) is 0 Å². The van der Waals surface area contributed by atoms with E-state index >= 15 is 0 Å². The summed E-state index contributed by atoms with van der Waals surface area (Å²) in [7, 11) is 1.61. The number of benzene rings is 2. The summed E-state index contributed by atoms with van der Waals surface area (Å²) in [5.41, 5.74) is -0.424. The molecule has 1 N–H and O–H groups in total. The largest absolute Gasteiger partial charge is 0.497 e. The molecule has 1 aliphatic rings. The molecule has 4 aromatic rings. The Morgan fingerprint density at radius 1 is 1.10 bits per heavy atom. The second-order valence-corrected chi connectivity index (χ2v) is 8.39. The van der Waals surface area contributed by atoms with E-state index in [0.29, 0.717) is 16.2 Å². The zero-order valence-electron chi connectivity index (χ0n) is 16.8. The van der Waals surface area contributed by atoms with Gasteiger partial charge in [-0.1, -0.05) is 18.2 Å². The molecule has 2 aromatic heterocycles. The first-order valence-corrected chi connectivity index (χ1v) is 10.5. The highest BCUT2D eigenvalue weighted by atomic mass is 32.1. The molecule has 0 aliphatic carbocycles. The van der Waals surface area contributed by atoms with Gasteiger partial charge in [0, 0.05) is 17.6 Å². The first-order chi connectivity index (χ1) is 14.9. The third kappa shape index (κ3) is 3.05. The van der Waals surface area contributed by atoms with Crippen molar-refractivity contribution in [2.45, 2.75) is 19.0 Å². The van der Waals surface area contributed by atoms with E-state index < -0.39 is 17.5 Å². The Balaban J connectivity index is 1.48. The average molecular weight is 434 g/mol. The first kappa shape index (κ1) is 19.3. The topological polar surface area (TPSA) is 93.0 Å². The number of nitrogens with one attached hydrogen (secondary N) is 1. The van der Waals surface area contributed by atoms with Crippen molar-refractivity contribution < 1.29 is 14.3 Å². The van der Waals surface area contributed by atoms with Gasteiger partial charge in [0.1, 0.15) is 11.3 Å². The van der Waals surface area contributed by atoms with Crippen LogP contribution in [0.1, 0.15) is 18.2 Å². The number of ether oxygens (including phenoxy) is 1. The molecule has 3 amide bonds. The minimum absolute atomic E-state index is 0.0747. The van der Waals surface area contributed by atoms with Crippen LogP contribution in [0.15, 0.2) is 58.8 Å². The lowest BCUT2D eigenvalue weighted by Gasteiger charge is -2.22. The molecule has 3 heterocycles. The lowest BCUT2D eigenvalue weighted by atomic mass is 9.90. The smallest absolute Gasteiger partial charge is 0.325 e. The van der Waals surface area contributed by atoms with Crippen LogP contribution < -0.4 is 15.6 Å². The molecule has 0 saturated carbocycles. The molecule has 2 aromatic carbocycles. The summed E-state index contributed by atoms with van der Waals surface area (Å²) in [5.74, 6) is 0.354. The summed E-state index contributed by atoms with van der Waals surface area (Å²) >= 11 is 1.31. The normalized spacial score (nSPS) is 18.7. The number of rotatable bonds is 4. The van der Waals surface area contributed by atoms with E-state index in [-0.39, 0.29) is 12.1 Å². The number of imide groups is 1. The van der Waals surface area contributed by atoms with Crippen LogP contribution in [0.25, 0.3) is 15.7 Å². The molecule has 1 atom stereocenters. The van der Waals surface area contributed by atoms with Gasteiger partial charge in [0.2, 0.25) is 0 Å². The Hall–Kier alpha value is -3.72. The number of amides is 3. The van der Waals surface area contributed by atoms with E-state index in [1.54, 1.807) is 25.6 Å². The van der Waals surface area contributed by atoms with Crippen molar-refractivity contribution >= 4 is 39.0 Å². The molecular formula is C22H18N4O4S. The maximum Gasteiger partial charge on any atom is 0.325 e. The number of fused-ring (bicyclic) bond motifs is 2. The number of hydrogen-bond acceptors (Lipinski definition) is 6. The molecule has 1 aliphatic heterocycles. The summed E-state index contributed by atoms with van der Waals surface area (Å²) in [5, 5.41) is 6.46. The number of nitrogens with zero attached hydrogens (tertiary/aromatic N) is 3. The molecular weight excluding hydrogens is 416 g/mol. The van der Waals surface area contributed by atoms with Gasteiger partial charge in [-0.2, -0.15) is 0 Å². The Morgan fingerprint density at radius 2 is 1.87 bits per heavy atom. The van der Waals surface area contributed by atoms with E-state index in [1.807, 2.05) is 36.4 Å². The van der Waals surface area contributed by atoms with Crippen LogP contribution in [-0.4, -0.2) is 33.3 Å². The zero-order chi connectivity index (χ0) is 21.8. The minimum atomic E-state index is -1.22. The fourth-order valence-electron chi connectivity index (χ4n) is 3.83. The third-order valence-electron chi connectivity index (χ3n) is 5.58. The summed E-state index contributed by atoms with van der Waals surface area (Å²) in [6.45, 7) is 1.61. The lowest BCUT2D eigenvalue weighted by Crippen LogP contribution is -2.40.